The van der Waals surface area contributed by atoms with Crippen LogP contribution in [0.2, 0.25) is 0 Å². The van der Waals surface area contributed by atoms with E-state index in [1.54, 1.807) is 0 Å². The van der Waals surface area contributed by atoms with Gasteiger partial charge in [0.15, 0.2) is 0 Å². The summed E-state index contributed by atoms with van der Waals surface area (Å²) in [7, 11) is -2.04. The molecule has 0 saturated heterocycles. The van der Waals surface area contributed by atoms with Crippen LogP contribution in [0.1, 0.15) is 26.2 Å². The summed E-state index contributed by atoms with van der Waals surface area (Å²) in [6.45, 7) is 0.947. The second-order valence-electron chi connectivity index (χ2n) is 4.12. The van der Waals surface area contributed by atoms with Gasteiger partial charge in [-0.2, -0.15) is 0 Å². The zero-order valence-electron chi connectivity index (χ0n) is 9.62. The Morgan fingerprint density at radius 1 is 1.11 bits per heavy atom. The quantitative estimate of drug-likeness (QED) is 0.441. The van der Waals surface area contributed by atoms with Gasteiger partial charge < -0.3 is 25.0 Å². The molecule has 0 radical (unpaired) electrons. The largest absolute Gasteiger partial charge is 0.481 e. The van der Waals surface area contributed by atoms with Crippen LogP contribution in [0, 0.1) is 0 Å². The van der Waals surface area contributed by atoms with Crippen LogP contribution in [0.4, 0.5) is 0 Å². The number of hydrogen-bond donors (Lipinski definition) is 4. The smallest absolute Gasteiger partial charge is 0.319 e. The highest BCUT2D eigenvalue weighted by Crippen LogP contribution is 2.40. The fourth-order valence-corrected chi connectivity index (χ4v) is 2.02. The molecule has 3 atom stereocenters. The summed E-state index contributed by atoms with van der Waals surface area (Å²) in [5.41, 5.74) is -2.37. The van der Waals surface area contributed by atoms with E-state index in [0.717, 1.165) is 6.92 Å². The molecule has 0 saturated carbocycles. The van der Waals surface area contributed by atoms with Crippen molar-refractivity contribution >= 4 is 26.4 Å². The molecule has 9 heteroatoms. The van der Waals surface area contributed by atoms with Gasteiger partial charge in [0, 0.05) is 6.42 Å². The molecule has 0 aliphatic rings. The molecule has 0 aromatic heterocycles. The van der Waals surface area contributed by atoms with E-state index in [4.69, 9.17) is 15.3 Å². The highest BCUT2D eigenvalue weighted by atomic mass is 31.1. The van der Waals surface area contributed by atoms with Crippen molar-refractivity contribution in [2.45, 2.75) is 36.9 Å². The Bertz CT molecular complexity index is 381. The van der Waals surface area contributed by atoms with E-state index in [9.17, 15) is 24.1 Å². The maximum atomic E-state index is 11.1. The highest BCUT2D eigenvalue weighted by Gasteiger charge is 2.53. The third kappa shape index (κ3) is 3.54. The molecule has 0 spiro atoms. The van der Waals surface area contributed by atoms with Crippen LogP contribution >= 0.6 is 8.46 Å². The number of carbonyl (C=O) groups is 3. The van der Waals surface area contributed by atoms with Crippen molar-refractivity contribution in [2.24, 2.45) is 0 Å². The van der Waals surface area contributed by atoms with Crippen LogP contribution in [0.15, 0.2) is 0 Å². The lowest BCUT2D eigenvalue weighted by Gasteiger charge is -2.37. The van der Waals surface area contributed by atoms with E-state index in [1.165, 1.54) is 0 Å². The van der Waals surface area contributed by atoms with Crippen molar-refractivity contribution in [3.8, 4) is 0 Å². The Morgan fingerprint density at radius 3 is 1.89 bits per heavy atom. The third-order valence-corrected chi connectivity index (χ3v) is 4.10. The van der Waals surface area contributed by atoms with Crippen molar-refractivity contribution in [1.82, 2.24) is 0 Å². The lowest BCUT2D eigenvalue weighted by Crippen LogP contribution is -2.54. The average molecular weight is 282 g/mol. The lowest BCUT2D eigenvalue weighted by atomic mass is 9.81. The zero-order chi connectivity index (χ0) is 14.6. The molecule has 0 fully saturated rings. The predicted molar refractivity (Wildman–Crippen MR) is 60.5 cm³/mol. The Morgan fingerprint density at radius 2 is 1.61 bits per heavy atom. The Kier molecular flexibility index (Phi) is 5.51. The maximum Gasteiger partial charge on any atom is 0.319 e. The molecule has 0 bridgehead atoms. The van der Waals surface area contributed by atoms with E-state index < -0.39 is 56.4 Å². The Labute approximate surface area is 103 Å². The summed E-state index contributed by atoms with van der Waals surface area (Å²) in [4.78, 5) is 32.1. The van der Waals surface area contributed by atoms with Gasteiger partial charge in [-0.15, -0.1) is 0 Å². The minimum Gasteiger partial charge on any atom is -0.481 e. The second-order valence-corrected chi connectivity index (χ2v) is 5.51. The zero-order valence-corrected chi connectivity index (χ0v) is 10.8. The van der Waals surface area contributed by atoms with Crippen molar-refractivity contribution in [2.75, 3.05) is 0 Å². The summed E-state index contributed by atoms with van der Waals surface area (Å²) in [6, 6.07) is 0. The number of aliphatic hydroxyl groups is 1. The van der Waals surface area contributed by atoms with E-state index in [-0.39, 0.29) is 0 Å². The van der Waals surface area contributed by atoms with Gasteiger partial charge in [-0.25, -0.2) is 0 Å². The SMILES string of the molecule is CC([PH2]=O)(C(=O)O)C(O)(CCC(=O)O)CC(=O)O. The molecular formula is C9H15O8P. The van der Waals surface area contributed by atoms with Crippen molar-refractivity contribution < 1.29 is 39.4 Å². The molecule has 0 heterocycles. The number of aliphatic carboxylic acids is 3. The summed E-state index contributed by atoms with van der Waals surface area (Å²) < 4.78 is 11.1. The molecule has 0 aliphatic heterocycles. The van der Waals surface area contributed by atoms with Crippen LogP contribution in [0.3, 0.4) is 0 Å². The van der Waals surface area contributed by atoms with Crippen molar-refractivity contribution in [1.29, 1.82) is 0 Å². The average Bonchev–Trinajstić information content (AvgIpc) is 2.23. The first-order valence-electron chi connectivity index (χ1n) is 4.95. The second kappa shape index (κ2) is 5.97. The fourth-order valence-electron chi connectivity index (χ4n) is 1.45. The standard InChI is InChI=1S/C9H15O8P/c1-8(18-17,7(14)15)9(16,4-6(12)13)3-2-5(10)11/h16H,2-4,18H2,1H3,(H,10,11)(H,12,13)(H,14,15). The van der Waals surface area contributed by atoms with Gasteiger partial charge in [-0.05, 0) is 13.3 Å². The topological polar surface area (TPSA) is 149 Å². The monoisotopic (exact) mass is 282 g/mol. The van der Waals surface area contributed by atoms with Crippen LogP contribution in [0.5, 0.6) is 0 Å². The van der Waals surface area contributed by atoms with Gasteiger partial charge in [0.05, 0.1) is 20.5 Å². The molecule has 0 amide bonds. The van der Waals surface area contributed by atoms with Gasteiger partial charge in [0.2, 0.25) is 0 Å². The Hall–Kier alpha value is -1.40. The number of hydrogen-bond acceptors (Lipinski definition) is 5. The van der Waals surface area contributed by atoms with Gasteiger partial charge >= 0.3 is 17.9 Å². The maximum absolute atomic E-state index is 11.1. The first kappa shape index (κ1) is 16.6. The normalized spacial score (nSPS) is 18.1. The van der Waals surface area contributed by atoms with Crippen LogP contribution in [-0.4, -0.2) is 49.1 Å². The minimum atomic E-state index is -2.37. The van der Waals surface area contributed by atoms with Crippen LogP contribution < -0.4 is 0 Å². The highest BCUT2D eigenvalue weighted by molar-refractivity contribution is 7.28. The van der Waals surface area contributed by atoms with E-state index >= 15 is 0 Å². The molecule has 0 rings (SSSR count). The minimum absolute atomic E-state index is 0.604. The molecule has 18 heavy (non-hydrogen) atoms. The first-order valence-corrected chi connectivity index (χ1v) is 5.99. The van der Waals surface area contributed by atoms with Crippen molar-refractivity contribution in [3.05, 3.63) is 0 Å². The molecule has 8 nitrogen and oxygen atoms in total. The van der Waals surface area contributed by atoms with Gasteiger partial charge in [-0.1, -0.05) is 0 Å². The summed E-state index contributed by atoms with van der Waals surface area (Å²) >= 11 is 0. The molecule has 0 aromatic rings. The van der Waals surface area contributed by atoms with Gasteiger partial charge in [0.25, 0.3) is 0 Å². The summed E-state index contributed by atoms with van der Waals surface area (Å²) in [5.74, 6) is -4.43. The first-order chi connectivity index (χ1) is 8.09. The van der Waals surface area contributed by atoms with Crippen LogP contribution in [-0.2, 0) is 18.9 Å². The number of carboxylic acids is 3. The van der Waals surface area contributed by atoms with Gasteiger partial charge in [-0.3, -0.25) is 14.4 Å². The van der Waals surface area contributed by atoms with E-state index in [1.807, 2.05) is 0 Å². The third-order valence-electron chi connectivity index (χ3n) is 2.84. The summed E-state index contributed by atoms with van der Waals surface area (Å²) in [5, 5.41) is 34.1. The summed E-state index contributed by atoms with van der Waals surface area (Å²) in [6.07, 6.45) is -2.21. The number of rotatable bonds is 8. The predicted octanol–water partition coefficient (Wildman–Crippen LogP) is -0.343. The molecule has 0 aromatic carbocycles. The van der Waals surface area contributed by atoms with E-state index in [0.29, 0.717) is 0 Å². The van der Waals surface area contributed by atoms with Gasteiger partial charge in [0.1, 0.15) is 5.16 Å². The van der Waals surface area contributed by atoms with E-state index in [2.05, 4.69) is 0 Å². The molecule has 4 N–H and O–H groups in total. The number of carboxylic acid groups (broad SMARTS) is 3. The van der Waals surface area contributed by atoms with Crippen LogP contribution in [0.25, 0.3) is 0 Å². The Balaban J connectivity index is 5.42. The fraction of sp³-hybridized carbons (Fsp3) is 0.667. The van der Waals surface area contributed by atoms with Crippen molar-refractivity contribution in [3.63, 3.8) is 0 Å². The molecule has 3 unspecified atom stereocenters. The molecule has 104 valence electrons. The lowest BCUT2D eigenvalue weighted by molar-refractivity contribution is -0.156. The molecule has 0 aliphatic carbocycles. The molecular weight excluding hydrogens is 267 g/mol.